The van der Waals surface area contributed by atoms with Crippen molar-refractivity contribution in [1.82, 2.24) is 25.2 Å². The molecule has 2 aromatic rings. The van der Waals surface area contributed by atoms with Gasteiger partial charge in [-0.15, -0.1) is 0 Å². The third kappa shape index (κ3) is 9.30. The minimum Gasteiger partial charge on any atom is -0.390 e. The highest BCUT2D eigenvalue weighted by atomic mass is 15.1. The Morgan fingerprint density at radius 2 is 1.48 bits per heavy atom. The molecule has 4 N–H and O–H groups in total. The lowest BCUT2D eigenvalue weighted by Crippen LogP contribution is -2.18. The molecule has 0 bridgehead atoms. The Bertz CT molecular complexity index is 710. The molecular formula is C25H52N6. The van der Waals surface area contributed by atoms with Crippen LogP contribution < -0.4 is 16.4 Å². The first-order valence-corrected chi connectivity index (χ1v) is 12.1. The van der Waals surface area contributed by atoms with E-state index in [0.717, 1.165) is 59.6 Å². The predicted molar refractivity (Wildman–Crippen MR) is 141 cm³/mol. The van der Waals surface area contributed by atoms with Gasteiger partial charge in [0.2, 0.25) is 0 Å². The smallest absolute Gasteiger partial charge is 0.159 e. The fraction of sp³-hybridized carbons (Fsp3) is 0.680. The second-order valence-electron chi connectivity index (χ2n) is 5.77. The lowest BCUT2D eigenvalue weighted by atomic mass is 10.1. The van der Waals surface area contributed by atoms with Crippen LogP contribution in [0.5, 0.6) is 0 Å². The molecule has 2 rings (SSSR count). The molecule has 0 amide bonds. The number of rotatable bonds is 7. The molecule has 0 fully saturated rings. The molecule has 0 atom stereocenters. The topological polar surface area (TPSA) is 80.8 Å². The van der Waals surface area contributed by atoms with Crippen molar-refractivity contribution in [3.8, 4) is 0 Å². The van der Waals surface area contributed by atoms with Gasteiger partial charge in [0.05, 0.1) is 11.4 Å². The molecule has 31 heavy (non-hydrogen) atoms. The summed E-state index contributed by atoms with van der Waals surface area (Å²) in [5.41, 5.74) is 12.0. The number of hydrogen-bond acceptors (Lipinski definition) is 5. The van der Waals surface area contributed by atoms with Gasteiger partial charge in [0.25, 0.3) is 0 Å². The molecular weight excluding hydrogens is 384 g/mol. The van der Waals surface area contributed by atoms with Gasteiger partial charge in [-0.3, -0.25) is 0 Å². The van der Waals surface area contributed by atoms with Crippen LogP contribution in [0.3, 0.4) is 0 Å². The number of fused-ring (bicyclic) bond motifs is 1. The summed E-state index contributed by atoms with van der Waals surface area (Å²) in [6.45, 7) is 18.5. The first kappa shape index (κ1) is 33.6. The Labute approximate surface area is 193 Å². The lowest BCUT2D eigenvalue weighted by Gasteiger charge is -2.16. The van der Waals surface area contributed by atoms with Gasteiger partial charge in [-0.2, -0.15) is 0 Å². The highest BCUT2D eigenvalue weighted by molar-refractivity contribution is 5.79. The van der Waals surface area contributed by atoms with E-state index in [4.69, 9.17) is 9.97 Å². The van der Waals surface area contributed by atoms with Crippen molar-refractivity contribution in [3.63, 3.8) is 0 Å². The highest BCUT2D eigenvalue weighted by Crippen LogP contribution is 2.24. The second-order valence-corrected chi connectivity index (χ2v) is 5.77. The third-order valence-electron chi connectivity index (χ3n) is 4.24. The van der Waals surface area contributed by atoms with Gasteiger partial charge in [-0.1, -0.05) is 68.7 Å². The zero-order valence-corrected chi connectivity index (χ0v) is 22.8. The maximum Gasteiger partial charge on any atom is 0.159 e. The zero-order chi connectivity index (χ0) is 25.0. The van der Waals surface area contributed by atoms with E-state index < -0.39 is 0 Å². The zero-order valence-electron chi connectivity index (χ0n) is 22.8. The van der Waals surface area contributed by atoms with E-state index in [9.17, 15) is 0 Å². The molecule has 0 aromatic carbocycles. The number of allylic oxidation sites excluding steroid dienone is 1. The molecule has 0 unspecified atom stereocenters. The molecule has 0 aliphatic heterocycles. The quantitative estimate of drug-likeness (QED) is 0.522. The van der Waals surface area contributed by atoms with Crippen LogP contribution in [0.4, 0.5) is 0 Å². The highest BCUT2D eigenvalue weighted by Gasteiger charge is 2.17. The Morgan fingerprint density at radius 1 is 0.935 bits per heavy atom. The van der Waals surface area contributed by atoms with Crippen LogP contribution in [0, 0.1) is 0 Å². The van der Waals surface area contributed by atoms with Crippen LogP contribution >= 0.6 is 0 Å². The van der Waals surface area contributed by atoms with Crippen LogP contribution in [0.25, 0.3) is 16.9 Å². The summed E-state index contributed by atoms with van der Waals surface area (Å²) in [6, 6.07) is 0. The molecule has 0 aliphatic carbocycles. The van der Waals surface area contributed by atoms with Crippen molar-refractivity contribution in [2.24, 2.45) is 12.8 Å². The summed E-state index contributed by atoms with van der Waals surface area (Å²) in [5.74, 6) is 0. The van der Waals surface area contributed by atoms with E-state index in [1.807, 2.05) is 62.7 Å². The summed E-state index contributed by atoms with van der Waals surface area (Å²) in [7, 11) is 7.45. The van der Waals surface area contributed by atoms with Gasteiger partial charge in [-0.25, -0.2) is 9.97 Å². The molecule has 2 heterocycles. The fourth-order valence-electron chi connectivity index (χ4n) is 3.07. The van der Waals surface area contributed by atoms with Crippen LogP contribution in [-0.4, -0.2) is 35.7 Å². The van der Waals surface area contributed by atoms with E-state index in [2.05, 4.69) is 47.9 Å². The molecule has 0 saturated heterocycles. The first-order chi connectivity index (χ1) is 15.1. The van der Waals surface area contributed by atoms with E-state index in [1.165, 1.54) is 12.6 Å². The first-order valence-electron chi connectivity index (χ1n) is 12.1. The Morgan fingerprint density at radius 3 is 1.87 bits per heavy atom. The van der Waals surface area contributed by atoms with Gasteiger partial charge in [0.1, 0.15) is 11.2 Å². The number of nitrogens with one attached hydrogen (secondary N) is 2. The molecule has 6 heteroatoms. The normalized spacial score (nSPS) is 10.0. The molecule has 6 nitrogen and oxygen atoms in total. The monoisotopic (exact) mass is 436 g/mol. The van der Waals surface area contributed by atoms with Crippen molar-refractivity contribution >= 4 is 16.9 Å². The SMILES string of the molecule is CC.CC.CC.CCCc1cn(C)c2nc(/C(NC)=C(\CC)NC)c(CC)nc12.CN. The van der Waals surface area contributed by atoms with Crippen molar-refractivity contribution < 1.29 is 0 Å². The predicted octanol–water partition coefficient (Wildman–Crippen LogP) is 5.65. The van der Waals surface area contributed by atoms with Crippen molar-refractivity contribution in [1.29, 1.82) is 0 Å². The van der Waals surface area contributed by atoms with Gasteiger partial charge in [0, 0.05) is 33.0 Å². The molecule has 0 aliphatic rings. The molecule has 0 spiro atoms. The van der Waals surface area contributed by atoms with Crippen LogP contribution in [0.2, 0.25) is 0 Å². The van der Waals surface area contributed by atoms with Gasteiger partial charge in [0.15, 0.2) is 5.65 Å². The minimum atomic E-state index is 0.866. The molecule has 0 saturated carbocycles. The van der Waals surface area contributed by atoms with Crippen LogP contribution in [0.1, 0.15) is 92.1 Å². The Balaban J connectivity index is -0.000000879. The summed E-state index contributed by atoms with van der Waals surface area (Å²) in [5, 5.41) is 6.60. The average Bonchev–Trinajstić information content (AvgIpc) is 3.16. The Hall–Kier alpha value is -2.08. The summed E-state index contributed by atoms with van der Waals surface area (Å²) < 4.78 is 2.09. The van der Waals surface area contributed by atoms with Crippen LogP contribution in [0.15, 0.2) is 11.9 Å². The minimum absolute atomic E-state index is 0.866. The number of aryl methyl sites for hydroxylation is 3. The summed E-state index contributed by atoms with van der Waals surface area (Å²) >= 11 is 0. The number of nitrogens with zero attached hydrogens (tertiary/aromatic N) is 3. The average molecular weight is 437 g/mol. The standard InChI is InChI=1S/C18H29N5.3C2H6.CH5N/c1-7-10-12-11-23(6)18-15(12)21-14(9-3)17(22-18)16(20-5)13(8-2)19-4;4*1-2/h11,19-20H,7-10H2,1-6H3;3*1-2H3;2H2,1H3/b16-13-;;;;. The maximum atomic E-state index is 4.98. The van der Waals surface area contributed by atoms with Gasteiger partial charge in [-0.05, 0) is 31.9 Å². The van der Waals surface area contributed by atoms with E-state index in [1.54, 1.807) is 0 Å². The number of hydrogen-bond donors (Lipinski definition) is 3. The Kier molecular flexibility index (Phi) is 22.9. The fourth-order valence-corrected chi connectivity index (χ4v) is 3.07. The van der Waals surface area contributed by atoms with E-state index in [-0.39, 0.29) is 0 Å². The molecule has 182 valence electrons. The van der Waals surface area contributed by atoms with Crippen LogP contribution in [-0.2, 0) is 19.9 Å². The van der Waals surface area contributed by atoms with Crippen molar-refractivity contribution in [3.05, 3.63) is 28.8 Å². The van der Waals surface area contributed by atoms with Gasteiger partial charge >= 0.3 is 0 Å². The van der Waals surface area contributed by atoms with Crippen molar-refractivity contribution in [2.45, 2.75) is 88.0 Å². The van der Waals surface area contributed by atoms with E-state index in [0.29, 0.717) is 0 Å². The largest absolute Gasteiger partial charge is 0.390 e. The second kappa shape index (κ2) is 21.2. The maximum absolute atomic E-state index is 4.98. The number of nitrogens with two attached hydrogens (primary N) is 1. The van der Waals surface area contributed by atoms with Gasteiger partial charge < -0.3 is 20.9 Å². The third-order valence-corrected chi connectivity index (χ3v) is 4.24. The van der Waals surface area contributed by atoms with E-state index >= 15 is 0 Å². The van der Waals surface area contributed by atoms with Crippen molar-refractivity contribution in [2.75, 3.05) is 21.1 Å². The molecule has 2 aromatic heterocycles. The summed E-state index contributed by atoms with van der Waals surface area (Å²) in [6.07, 6.45) is 6.11. The molecule has 0 radical (unpaired) electrons. The lowest BCUT2D eigenvalue weighted by molar-refractivity contribution is 0.868. The number of aromatic nitrogens is 3. The summed E-state index contributed by atoms with van der Waals surface area (Å²) in [4.78, 5) is 9.94.